The number of carbonyl (C=O) groups excluding carboxylic acids is 1. The van der Waals surface area contributed by atoms with Crippen molar-refractivity contribution in [2.75, 3.05) is 6.61 Å². The van der Waals surface area contributed by atoms with Crippen LogP contribution in [0.5, 0.6) is 5.75 Å². The summed E-state index contributed by atoms with van der Waals surface area (Å²) in [6.07, 6.45) is 0. The maximum absolute atomic E-state index is 12.5. The van der Waals surface area contributed by atoms with E-state index in [0.29, 0.717) is 17.9 Å². The van der Waals surface area contributed by atoms with E-state index >= 15 is 0 Å². The summed E-state index contributed by atoms with van der Waals surface area (Å²) < 4.78 is 5.60. The van der Waals surface area contributed by atoms with Gasteiger partial charge in [0.15, 0.2) is 0 Å². The summed E-state index contributed by atoms with van der Waals surface area (Å²) in [6.45, 7) is 12.3. The molecule has 0 aliphatic heterocycles. The fraction of sp³-hybridized carbons (Fsp3) is 0.286. The van der Waals surface area contributed by atoms with Gasteiger partial charge in [-0.3, -0.25) is 4.79 Å². The van der Waals surface area contributed by atoms with Crippen LogP contribution in [0.2, 0.25) is 0 Å². The van der Waals surface area contributed by atoms with Crippen LogP contribution in [-0.4, -0.2) is 12.5 Å². The zero-order valence-corrected chi connectivity index (χ0v) is 14.8. The molecule has 2 aromatic rings. The lowest BCUT2D eigenvalue weighted by Gasteiger charge is -2.16. The Morgan fingerprint density at radius 2 is 1.92 bits per heavy atom. The van der Waals surface area contributed by atoms with Crippen LogP contribution < -0.4 is 10.1 Å². The third-order valence-electron chi connectivity index (χ3n) is 3.96. The summed E-state index contributed by atoms with van der Waals surface area (Å²) in [6, 6.07) is 13.4. The molecule has 126 valence electrons. The number of nitrogens with one attached hydrogen (secondary N) is 1. The second-order valence-electron chi connectivity index (χ2n) is 6.31. The number of carbonyl (C=O) groups is 1. The van der Waals surface area contributed by atoms with Gasteiger partial charge >= 0.3 is 0 Å². The number of benzene rings is 2. The van der Waals surface area contributed by atoms with Gasteiger partial charge < -0.3 is 10.1 Å². The van der Waals surface area contributed by atoms with Crippen molar-refractivity contribution >= 4 is 5.91 Å². The van der Waals surface area contributed by atoms with Gasteiger partial charge in [-0.05, 0) is 68.2 Å². The fourth-order valence-corrected chi connectivity index (χ4v) is 2.33. The molecule has 1 amide bonds. The van der Waals surface area contributed by atoms with Crippen LogP contribution in [0.1, 0.15) is 46.9 Å². The smallest absolute Gasteiger partial charge is 0.251 e. The second-order valence-corrected chi connectivity index (χ2v) is 6.31. The van der Waals surface area contributed by atoms with E-state index in [0.717, 1.165) is 11.1 Å². The predicted molar refractivity (Wildman–Crippen MR) is 98.5 cm³/mol. The summed E-state index contributed by atoms with van der Waals surface area (Å²) in [5, 5.41) is 3.04. The van der Waals surface area contributed by atoms with Crippen LogP contribution in [0.4, 0.5) is 0 Å². The summed E-state index contributed by atoms with van der Waals surface area (Å²) in [5.74, 6) is 0.561. The molecule has 0 saturated carbocycles. The molecule has 2 rings (SSSR count). The van der Waals surface area contributed by atoms with Crippen molar-refractivity contribution in [1.82, 2.24) is 5.32 Å². The van der Waals surface area contributed by atoms with Crippen molar-refractivity contribution in [3.8, 4) is 5.75 Å². The van der Waals surface area contributed by atoms with E-state index in [1.807, 2.05) is 26.0 Å². The van der Waals surface area contributed by atoms with E-state index < -0.39 is 0 Å². The normalized spacial score (nSPS) is 11.7. The molecule has 0 saturated heterocycles. The largest absolute Gasteiger partial charge is 0.489 e. The van der Waals surface area contributed by atoms with Gasteiger partial charge in [-0.25, -0.2) is 0 Å². The minimum atomic E-state index is -0.110. The zero-order chi connectivity index (χ0) is 17.7. The van der Waals surface area contributed by atoms with E-state index in [9.17, 15) is 4.79 Å². The van der Waals surface area contributed by atoms with Gasteiger partial charge in [-0.2, -0.15) is 0 Å². The molecule has 0 heterocycles. The topological polar surface area (TPSA) is 38.3 Å². The highest BCUT2D eigenvalue weighted by Gasteiger charge is 2.12. The molecule has 24 heavy (non-hydrogen) atoms. The summed E-state index contributed by atoms with van der Waals surface area (Å²) in [7, 11) is 0. The Hall–Kier alpha value is -2.55. The Kier molecular flexibility index (Phi) is 5.80. The van der Waals surface area contributed by atoms with Crippen molar-refractivity contribution in [2.24, 2.45) is 0 Å². The Morgan fingerprint density at radius 1 is 1.17 bits per heavy atom. The number of hydrogen-bond donors (Lipinski definition) is 1. The van der Waals surface area contributed by atoms with Crippen LogP contribution >= 0.6 is 0 Å². The van der Waals surface area contributed by atoms with Gasteiger partial charge in [0.25, 0.3) is 5.91 Å². The molecular formula is C21H25NO2. The van der Waals surface area contributed by atoms with Crippen molar-refractivity contribution in [3.63, 3.8) is 0 Å². The average Bonchev–Trinajstić information content (AvgIpc) is 2.55. The molecule has 3 heteroatoms. The average molecular weight is 323 g/mol. The maximum atomic E-state index is 12.5. The second kappa shape index (κ2) is 7.82. The Bertz CT molecular complexity index is 749. The monoisotopic (exact) mass is 323 g/mol. The van der Waals surface area contributed by atoms with Crippen molar-refractivity contribution in [2.45, 2.75) is 33.7 Å². The van der Waals surface area contributed by atoms with Crippen molar-refractivity contribution < 1.29 is 9.53 Å². The minimum absolute atomic E-state index is 0.0585. The van der Waals surface area contributed by atoms with Crippen LogP contribution in [0, 0.1) is 13.8 Å². The Morgan fingerprint density at radius 3 is 2.58 bits per heavy atom. The summed E-state index contributed by atoms with van der Waals surface area (Å²) in [4.78, 5) is 12.5. The molecule has 0 aliphatic rings. The van der Waals surface area contributed by atoms with E-state index in [1.165, 1.54) is 11.1 Å². The Labute approximate surface area is 144 Å². The quantitative estimate of drug-likeness (QED) is 0.779. The molecule has 0 bridgehead atoms. The fourth-order valence-electron chi connectivity index (χ4n) is 2.33. The summed E-state index contributed by atoms with van der Waals surface area (Å²) >= 11 is 0. The highest BCUT2D eigenvalue weighted by atomic mass is 16.5. The lowest BCUT2D eigenvalue weighted by Crippen LogP contribution is -2.26. The first-order valence-electron chi connectivity index (χ1n) is 8.12. The third kappa shape index (κ3) is 4.72. The van der Waals surface area contributed by atoms with E-state index in [1.54, 1.807) is 12.1 Å². The zero-order valence-electron chi connectivity index (χ0n) is 14.8. The van der Waals surface area contributed by atoms with E-state index in [4.69, 9.17) is 4.74 Å². The maximum Gasteiger partial charge on any atom is 0.251 e. The predicted octanol–water partition coefficient (Wildman–Crippen LogP) is 4.75. The molecule has 1 atom stereocenters. The first kappa shape index (κ1) is 17.8. The molecule has 3 nitrogen and oxygen atoms in total. The molecule has 0 unspecified atom stereocenters. The lowest BCUT2D eigenvalue weighted by atomic mass is 10.0. The van der Waals surface area contributed by atoms with Crippen LogP contribution in [0.25, 0.3) is 0 Å². The van der Waals surface area contributed by atoms with Crippen LogP contribution in [0.3, 0.4) is 0 Å². The number of ether oxygens (including phenoxy) is 1. The molecule has 0 aliphatic carbocycles. The molecule has 2 aromatic carbocycles. The number of rotatable bonds is 6. The molecular weight excluding hydrogens is 298 g/mol. The first-order valence-corrected chi connectivity index (χ1v) is 8.12. The highest BCUT2D eigenvalue weighted by Crippen LogP contribution is 2.19. The van der Waals surface area contributed by atoms with E-state index in [2.05, 4.69) is 43.9 Å². The standard InChI is InChI=1S/C21H25NO2/c1-14(2)13-24-20-8-6-7-19(12-20)21(23)22-17(5)18-10-9-15(3)16(4)11-18/h6-12,17H,1,13H2,2-5H3,(H,22,23)/t17-/m0/s1. The molecule has 0 fully saturated rings. The summed E-state index contributed by atoms with van der Waals surface area (Å²) in [5.41, 5.74) is 5.10. The van der Waals surface area contributed by atoms with Crippen LogP contribution in [-0.2, 0) is 0 Å². The van der Waals surface area contributed by atoms with Gasteiger partial charge in [-0.15, -0.1) is 0 Å². The first-order chi connectivity index (χ1) is 11.4. The van der Waals surface area contributed by atoms with Gasteiger partial charge in [0.1, 0.15) is 12.4 Å². The lowest BCUT2D eigenvalue weighted by molar-refractivity contribution is 0.0939. The third-order valence-corrected chi connectivity index (χ3v) is 3.96. The minimum Gasteiger partial charge on any atom is -0.489 e. The molecule has 0 aromatic heterocycles. The van der Waals surface area contributed by atoms with Gasteiger partial charge in [0, 0.05) is 5.56 Å². The molecule has 0 radical (unpaired) electrons. The van der Waals surface area contributed by atoms with Crippen molar-refractivity contribution in [1.29, 1.82) is 0 Å². The Balaban J connectivity index is 2.07. The van der Waals surface area contributed by atoms with Gasteiger partial charge in [-0.1, -0.05) is 30.8 Å². The van der Waals surface area contributed by atoms with Gasteiger partial charge in [0.05, 0.1) is 6.04 Å². The van der Waals surface area contributed by atoms with E-state index in [-0.39, 0.29) is 11.9 Å². The number of hydrogen-bond acceptors (Lipinski definition) is 2. The molecule has 0 spiro atoms. The van der Waals surface area contributed by atoms with Gasteiger partial charge in [0.2, 0.25) is 0 Å². The number of aryl methyl sites for hydroxylation is 2. The number of amides is 1. The molecule has 1 N–H and O–H groups in total. The van der Waals surface area contributed by atoms with Crippen molar-refractivity contribution in [3.05, 3.63) is 76.9 Å². The highest BCUT2D eigenvalue weighted by molar-refractivity contribution is 5.94. The SMILES string of the molecule is C=C(C)COc1cccc(C(=O)N[C@@H](C)c2ccc(C)c(C)c2)c1. The van der Waals surface area contributed by atoms with Crippen LogP contribution in [0.15, 0.2) is 54.6 Å².